The first-order chi connectivity index (χ1) is 12.5. The number of aliphatic hydroxyl groups is 1. The molecule has 2 aromatic rings. The van der Waals surface area contributed by atoms with Crippen LogP contribution in [-0.4, -0.2) is 40.6 Å². The van der Waals surface area contributed by atoms with E-state index in [0.717, 1.165) is 18.4 Å². The van der Waals surface area contributed by atoms with Crippen LogP contribution in [0.1, 0.15) is 41.2 Å². The lowest BCUT2D eigenvalue weighted by atomic mass is 10.00. The number of aromatic nitrogens is 1. The van der Waals surface area contributed by atoms with Crippen LogP contribution in [0.4, 0.5) is 0 Å². The summed E-state index contributed by atoms with van der Waals surface area (Å²) in [5.41, 5.74) is 4.05. The number of hydrogen-bond donors (Lipinski definition) is 1. The molecule has 1 aliphatic heterocycles. The topological polar surface area (TPSA) is 62.7 Å². The number of carbonyl (C=O) groups excluding carboxylic acids is 1. The molecule has 2 atom stereocenters. The summed E-state index contributed by atoms with van der Waals surface area (Å²) in [6, 6.07) is 7.61. The standard InChI is InChI=1S/C21H26N2O3/c1-14-6-7-16(11-15(14)2)12-20(24)23-10-4-5-18(23)21(25)17-13-22-9-8-19(17)26-3/h6-9,11,13,18,21,25H,4-5,10,12H2,1-3H3. The van der Waals surface area contributed by atoms with Crippen molar-refractivity contribution in [1.82, 2.24) is 9.88 Å². The van der Waals surface area contributed by atoms with Crippen LogP contribution in [0.5, 0.6) is 5.75 Å². The maximum atomic E-state index is 12.9. The van der Waals surface area contributed by atoms with Crippen LogP contribution < -0.4 is 4.74 Å². The molecule has 26 heavy (non-hydrogen) atoms. The molecule has 138 valence electrons. The minimum Gasteiger partial charge on any atom is -0.496 e. The van der Waals surface area contributed by atoms with E-state index in [1.165, 1.54) is 11.1 Å². The minimum absolute atomic E-state index is 0.0534. The minimum atomic E-state index is -0.801. The van der Waals surface area contributed by atoms with Crippen molar-refractivity contribution < 1.29 is 14.6 Å². The fraction of sp³-hybridized carbons (Fsp3) is 0.429. The fourth-order valence-corrected chi connectivity index (χ4v) is 3.63. The van der Waals surface area contributed by atoms with Crippen LogP contribution in [0.3, 0.4) is 0 Å². The largest absolute Gasteiger partial charge is 0.496 e. The van der Waals surface area contributed by atoms with Crippen molar-refractivity contribution in [2.45, 2.75) is 45.3 Å². The van der Waals surface area contributed by atoms with Gasteiger partial charge in [-0.25, -0.2) is 0 Å². The zero-order chi connectivity index (χ0) is 18.7. The molecule has 1 fully saturated rings. The number of nitrogens with zero attached hydrogens (tertiary/aromatic N) is 2. The maximum Gasteiger partial charge on any atom is 0.227 e. The van der Waals surface area contributed by atoms with Gasteiger partial charge in [0.2, 0.25) is 5.91 Å². The van der Waals surface area contributed by atoms with Crippen LogP contribution in [0.2, 0.25) is 0 Å². The quantitative estimate of drug-likeness (QED) is 0.897. The van der Waals surface area contributed by atoms with E-state index in [-0.39, 0.29) is 11.9 Å². The molecule has 0 aliphatic carbocycles. The molecule has 0 bridgehead atoms. The van der Waals surface area contributed by atoms with E-state index in [4.69, 9.17) is 4.74 Å². The third-order valence-corrected chi connectivity index (χ3v) is 5.26. The van der Waals surface area contributed by atoms with Gasteiger partial charge in [0.05, 0.1) is 19.6 Å². The van der Waals surface area contributed by atoms with Crippen LogP contribution in [0.25, 0.3) is 0 Å². The van der Waals surface area contributed by atoms with Gasteiger partial charge in [0.25, 0.3) is 0 Å². The van der Waals surface area contributed by atoms with Gasteiger partial charge in [-0.15, -0.1) is 0 Å². The van der Waals surface area contributed by atoms with E-state index in [9.17, 15) is 9.90 Å². The Morgan fingerprint density at radius 3 is 2.88 bits per heavy atom. The van der Waals surface area contributed by atoms with Gasteiger partial charge >= 0.3 is 0 Å². The highest BCUT2D eigenvalue weighted by molar-refractivity contribution is 5.79. The fourth-order valence-electron chi connectivity index (χ4n) is 3.63. The van der Waals surface area contributed by atoms with Crippen molar-refractivity contribution in [2.75, 3.05) is 13.7 Å². The highest BCUT2D eigenvalue weighted by Gasteiger charge is 2.35. The Hall–Kier alpha value is -2.40. The molecule has 1 amide bonds. The summed E-state index contributed by atoms with van der Waals surface area (Å²) >= 11 is 0. The first kappa shape index (κ1) is 18.4. The monoisotopic (exact) mass is 354 g/mol. The molecule has 0 spiro atoms. The van der Waals surface area contributed by atoms with Gasteiger partial charge in [-0.05, 0) is 49.4 Å². The molecule has 1 aromatic heterocycles. The van der Waals surface area contributed by atoms with Crippen LogP contribution >= 0.6 is 0 Å². The van der Waals surface area contributed by atoms with E-state index in [2.05, 4.69) is 31.0 Å². The Morgan fingerprint density at radius 1 is 1.35 bits per heavy atom. The second kappa shape index (κ2) is 7.87. The SMILES string of the molecule is COc1ccncc1C(O)C1CCCN1C(=O)Cc1ccc(C)c(C)c1. The highest BCUT2D eigenvalue weighted by atomic mass is 16.5. The van der Waals surface area contributed by atoms with Crippen LogP contribution in [0.15, 0.2) is 36.7 Å². The number of pyridine rings is 1. The van der Waals surface area contributed by atoms with Crippen LogP contribution in [-0.2, 0) is 11.2 Å². The number of carbonyl (C=O) groups is 1. The molecule has 5 heteroatoms. The van der Waals surface area contributed by atoms with Crippen molar-refractivity contribution >= 4 is 5.91 Å². The zero-order valence-electron chi connectivity index (χ0n) is 15.6. The summed E-state index contributed by atoms with van der Waals surface area (Å²) in [4.78, 5) is 18.8. The summed E-state index contributed by atoms with van der Waals surface area (Å²) in [5, 5.41) is 10.9. The lowest BCUT2D eigenvalue weighted by molar-refractivity contribution is -0.133. The van der Waals surface area contributed by atoms with Gasteiger partial charge in [0.15, 0.2) is 0 Å². The predicted octanol–water partition coefficient (Wildman–Crippen LogP) is 2.97. The summed E-state index contributed by atoms with van der Waals surface area (Å²) < 4.78 is 5.34. The number of likely N-dealkylation sites (tertiary alicyclic amines) is 1. The Morgan fingerprint density at radius 2 is 2.15 bits per heavy atom. The second-order valence-corrected chi connectivity index (χ2v) is 6.95. The van der Waals surface area contributed by atoms with Gasteiger partial charge in [0, 0.05) is 24.5 Å². The lowest BCUT2D eigenvalue weighted by Gasteiger charge is -2.29. The van der Waals surface area contributed by atoms with E-state index >= 15 is 0 Å². The van der Waals surface area contributed by atoms with E-state index in [1.54, 1.807) is 25.6 Å². The molecular formula is C21H26N2O3. The number of hydrogen-bond acceptors (Lipinski definition) is 4. The third-order valence-electron chi connectivity index (χ3n) is 5.26. The molecule has 0 radical (unpaired) electrons. The number of aliphatic hydroxyl groups excluding tert-OH is 1. The number of benzene rings is 1. The molecule has 3 rings (SSSR count). The number of aryl methyl sites for hydroxylation is 2. The van der Waals surface area contributed by atoms with E-state index in [1.807, 2.05) is 11.0 Å². The third kappa shape index (κ3) is 3.73. The summed E-state index contributed by atoms with van der Waals surface area (Å²) in [6.45, 7) is 4.80. The van der Waals surface area contributed by atoms with Gasteiger partial charge in [-0.2, -0.15) is 0 Å². The average Bonchev–Trinajstić information content (AvgIpc) is 3.14. The normalized spacial score (nSPS) is 18.0. The van der Waals surface area contributed by atoms with Gasteiger partial charge in [0.1, 0.15) is 11.9 Å². The molecule has 1 saturated heterocycles. The van der Waals surface area contributed by atoms with E-state index in [0.29, 0.717) is 24.3 Å². The molecule has 1 N–H and O–H groups in total. The Kier molecular flexibility index (Phi) is 5.57. The Bertz CT molecular complexity index is 791. The summed E-state index contributed by atoms with van der Waals surface area (Å²) in [5.74, 6) is 0.651. The van der Waals surface area contributed by atoms with Gasteiger partial charge in [-0.1, -0.05) is 18.2 Å². The zero-order valence-corrected chi connectivity index (χ0v) is 15.6. The highest BCUT2D eigenvalue weighted by Crippen LogP contribution is 2.33. The Labute approximate surface area is 154 Å². The van der Waals surface area contributed by atoms with Crippen molar-refractivity contribution in [1.29, 1.82) is 0 Å². The molecule has 5 nitrogen and oxygen atoms in total. The van der Waals surface area contributed by atoms with Crippen LogP contribution in [0, 0.1) is 13.8 Å². The van der Waals surface area contributed by atoms with Crippen molar-refractivity contribution in [2.24, 2.45) is 0 Å². The smallest absolute Gasteiger partial charge is 0.227 e. The van der Waals surface area contributed by atoms with Crippen molar-refractivity contribution in [3.05, 3.63) is 58.9 Å². The van der Waals surface area contributed by atoms with E-state index < -0.39 is 6.10 Å². The number of methoxy groups -OCH3 is 1. The first-order valence-electron chi connectivity index (χ1n) is 9.03. The van der Waals surface area contributed by atoms with Crippen molar-refractivity contribution in [3.63, 3.8) is 0 Å². The first-order valence-corrected chi connectivity index (χ1v) is 9.03. The van der Waals surface area contributed by atoms with Gasteiger partial charge in [-0.3, -0.25) is 9.78 Å². The molecule has 1 aromatic carbocycles. The average molecular weight is 354 g/mol. The van der Waals surface area contributed by atoms with Crippen molar-refractivity contribution in [3.8, 4) is 5.75 Å². The number of rotatable bonds is 5. The molecule has 1 aliphatic rings. The maximum absolute atomic E-state index is 12.9. The number of ether oxygens (including phenoxy) is 1. The lowest BCUT2D eigenvalue weighted by Crippen LogP contribution is -2.40. The molecule has 0 saturated carbocycles. The molecule has 2 heterocycles. The predicted molar refractivity (Wildman–Crippen MR) is 100 cm³/mol. The second-order valence-electron chi connectivity index (χ2n) is 6.95. The Balaban J connectivity index is 1.76. The summed E-state index contributed by atoms with van der Waals surface area (Å²) in [7, 11) is 1.57. The van der Waals surface area contributed by atoms with Gasteiger partial charge < -0.3 is 14.7 Å². The summed E-state index contributed by atoms with van der Waals surface area (Å²) in [6.07, 6.45) is 4.47. The molecule has 2 unspecified atom stereocenters. The number of amides is 1. The molecular weight excluding hydrogens is 328 g/mol.